The van der Waals surface area contributed by atoms with Gasteiger partial charge >= 0.3 is 6.03 Å². The molecule has 0 fully saturated rings. The lowest BCUT2D eigenvalue weighted by atomic mass is 10.1. The summed E-state index contributed by atoms with van der Waals surface area (Å²) in [6.07, 6.45) is 0. The summed E-state index contributed by atoms with van der Waals surface area (Å²) in [6.45, 7) is 0. The highest BCUT2D eigenvalue weighted by molar-refractivity contribution is 7.13. The van der Waals surface area contributed by atoms with Gasteiger partial charge in [-0.2, -0.15) is 0 Å². The molecule has 3 aromatic rings. The van der Waals surface area contributed by atoms with Crippen LogP contribution in [0.2, 0.25) is 0 Å². The number of hydrogen-bond acceptors (Lipinski definition) is 2. The fourth-order valence-electron chi connectivity index (χ4n) is 2.01. The number of para-hydroxylation sites is 1. The van der Waals surface area contributed by atoms with Gasteiger partial charge in [0.15, 0.2) is 0 Å². The summed E-state index contributed by atoms with van der Waals surface area (Å²) in [5.74, 6) is 0. The molecule has 0 aliphatic heterocycles. The number of urea groups is 1. The van der Waals surface area contributed by atoms with Crippen molar-refractivity contribution in [2.45, 2.75) is 0 Å². The number of hydrogen-bond donors (Lipinski definition) is 2. The van der Waals surface area contributed by atoms with Crippen molar-refractivity contribution in [3.05, 3.63) is 72.1 Å². The average molecular weight is 294 g/mol. The molecule has 3 nitrogen and oxygen atoms in total. The molecule has 0 bridgehead atoms. The van der Waals surface area contributed by atoms with Gasteiger partial charge in [0.1, 0.15) is 0 Å². The molecule has 3 rings (SSSR count). The molecule has 21 heavy (non-hydrogen) atoms. The number of anilines is 2. The van der Waals surface area contributed by atoms with Gasteiger partial charge in [0.05, 0.1) is 0 Å². The van der Waals surface area contributed by atoms with Crippen molar-refractivity contribution < 1.29 is 4.79 Å². The van der Waals surface area contributed by atoms with Gasteiger partial charge in [-0.05, 0) is 41.3 Å². The van der Waals surface area contributed by atoms with Gasteiger partial charge < -0.3 is 10.6 Å². The maximum absolute atomic E-state index is 12.0. The molecule has 0 saturated heterocycles. The summed E-state index contributed by atoms with van der Waals surface area (Å²) in [4.78, 5) is 13.1. The van der Waals surface area contributed by atoms with Crippen LogP contribution >= 0.6 is 11.3 Å². The van der Waals surface area contributed by atoms with Gasteiger partial charge in [-0.1, -0.05) is 36.4 Å². The van der Waals surface area contributed by atoms with E-state index >= 15 is 0 Å². The summed E-state index contributed by atoms with van der Waals surface area (Å²) < 4.78 is 0. The second-order valence-corrected chi connectivity index (χ2v) is 5.45. The molecule has 4 heteroatoms. The first-order valence-corrected chi connectivity index (χ1v) is 7.46. The first-order chi connectivity index (χ1) is 10.3. The van der Waals surface area contributed by atoms with Crippen molar-refractivity contribution in [1.82, 2.24) is 0 Å². The summed E-state index contributed by atoms with van der Waals surface area (Å²) >= 11 is 1.68. The Kier molecular flexibility index (Phi) is 3.98. The molecule has 1 heterocycles. The van der Waals surface area contributed by atoms with Gasteiger partial charge in [-0.15, -0.1) is 11.3 Å². The van der Waals surface area contributed by atoms with Crippen molar-refractivity contribution in [3.63, 3.8) is 0 Å². The second kappa shape index (κ2) is 6.24. The summed E-state index contributed by atoms with van der Waals surface area (Å²) in [5, 5.41) is 7.68. The van der Waals surface area contributed by atoms with Crippen LogP contribution in [0.3, 0.4) is 0 Å². The minimum atomic E-state index is -0.246. The number of rotatable bonds is 3. The molecule has 0 aliphatic carbocycles. The quantitative estimate of drug-likeness (QED) is 0.696. The van der Waals surface area contributed by atoms with Crippen LogP contribution in [0, 0.1) is 0 Å². The van der Waals surface area contributed by atoms with E-state index in [9.17, 15) is 4.79 Å². The Labute approximate surface area is 127 Å². The number of nitrogens with one attached hydrogen (secondary N) is 2. The zero-order valence-corrected chi connectivity index (χ0v) is 12.1. The summed E-state index contributed by atoms with van der Waals surface area (Å²) in [5.41, 5.74) is 2.64. The zero-order valence-electron chi connectivity index (χ0n) is 11.2. The number of carbonyl (C=O) groups excluding carboxylic acids is 1. The van der Waals surface area contributed by atoms with Crippen LogP contribution in [-0.4, -0.2) is 6.03 Å². The first-order valence-electron chi connectivity index (χ1n) is 6.58. The van der Waals surface area contributed by atoms with Crippen LogP contribution in [0.15, 0.2) is 72.1 Å². The fourth-order valence-corrected chi connectivity index (χ4v) is 2.73. The predicted molar refractivity (Wildman–Crippen MR) is 88.8 cm³/mol. The van der Waals surface area contributed by atoms with E-state index in [4.69, 9.17) is 0 Å². The topological polar surface area (TPSA) is 41.1 Å². The van der Waals surface area contributed by atoms with Crippen LogP contribution in [0.25, 0.3) is 10.4 Å². The first kappa shape index (κ1) is 13.4. The molecule has 0 unspecified atom stereocenters. The maximum atomic E-state index is 12.0. The van der Waals surface area contributed by atoms with E-state index in [-0.39, 0.29) is 6.03 Å². The Bertz CT molecular complexity index is 724. The van der Waals surface area contributed by atoms with E-state index in [0.29, 0.717) is 0 Å². The Hall–Kier alpha value is -2.59. The van der Waals surface area contributed by atoms with Crippen molar-refractivity contribution in [2.24, 2.45) is 0 Å². The lowest BCUT2D eigenvalue weighted by molar-refractivity contribution is 0.262. The van der Waals surface area contributed by atoms with Crippen LogP contribution in [-0.2, 0) is 0 Å². The molecule has 2 aromatic carbocycles. The molecule has 0 aliphatic rings. The van der Waals surface area contributed by atoms with Gasteiger partial charge in [0.25, 0.3) is 0 Å². The average Bonchev–Trinajstić information content (AvgIpc) is 3.02. The molecule has 104 valence electrons. The molecule has 0 radical (unpaired) electrons. The summed E-state index contributed by atoms with van der Waals surface area (Å²) in [7, 11) is 0. The third-order valence-electron chi connectivity index (χ3n) is 2.96. The van der Waals surface area contributed by atoms with Gasteiger partial charge in [0.2, 0.25) is 0 Å². The minimum absolute atomic E-state index is 0.246. The third kappa shape index (κ3) is 3.49. The number of benzene rings is 2. The molecule has 0 saturated carbocycles. The van der Waals surface area contributed by atoms with Crippen LogP contribution in [0.1, 0.15) is 0 Å². The smallest absolute Gasteiger partial charge is 0.308 e. The molecule has 0 spiro atoms. The molecular formula is C17H14N2OS. The SMILES string of the molecule is O=C(Nc1ccccc1)Nc1cccc(-c2cccs2)c1. The normalized spacial score (nSPS) is 10.1. The van der Waals surface area contributed by atoms with E-state index in [1.54, 1.807) is 11.3 Å². The molecule has 2 amide bonds. The lowest BCUT2D eigenvalue weighted by Crippen LogP contribution is -2.19. The van der Waals surface area contributed by atoms with E-state index < -0.39 is 0 Å². The second-order valence-electron chi connectivity index (χ2n) is 4.50. The fraction of sp³-hybridized carbons (Fsp3) is 0. The number of carbonyl (C=O) groups is 1. The lowest BCUT2D eigenvalue weighted by Gasteiger charge is -2.08. The molecular weight excluding hydrogens is 280 g/mol. The van der Waals surface area contributed by atoms with E-state index in [1.165, 1.54) is 4.88 Å². The zero-order chi connectivity index (χ0) is 14.5. The van der Waals surface area contributed by atoms with Gasteiger partial charge in [-0.3, -0.25) is 0 Å². The number of thiophene rings is 1. The highest BCUT2D eigenvalue weighted by atomic mass is 32.1. The summed E-state index contributed by atoms with van der Waals surface area (Å²) in [6, 6.07) is 21.0. The minimum Gasteiger partial charge on any atom is -0.308 e. The third-order valence-corrected chi connectivity index (χ3v) is 3.88. The number of amides is 2. The van der Waals surface area contributed by atoms with Crippen LogP contribution in [0.4, 0.5) is 16.2 Å². The highest BCUT2D eigenvalue weighted by Crippen LogP contribution is 2.26. The Morgan fingerprint density at radius 2 is 1.57 bits per heavy atom. The predicted octanol–water partition coefficient (Wildman–Crippen LogP) is 5.06. The van der Waals surface area contributed by atoms with Crippen LogP contribution < -0.4 is 10.6 Å². The van der Waals surface area contributed by atoms with Crippen LogP contribution in [0.5, 0.6) is 0 Å². The standard InChI is InChI=1S/C17H14N2OS/c20-17(18-14-7-2-1-3-8-14)19-15-9-4-6-13(12-15)16-10-5-11-21-16/h1-12H,(H2,18,19,20). The Morgan fingerprint density at radius 3 is 2.33 bits per heavy atom. The largest absolute Gasteiger partial charge is 0.323 e. The van der Waals surface area contributed by atoms with Crippen molar-refractivity contribution >= 4 is 28.7 Å². The van der Waals surface area contributed by atoms with E-state index in [0.717, 1.165) is 16.9 Å². The van der Waals surface area contributed by atoms with Gasteiger partial charge in [0, 0.05) is 16.3 Å². The van der Waals surface area contributed by atoms with Crippen molar-refractivity contribution in [1.29, 1.82) is 0 Å². The van der Waals surface area contributed by atoms with Gasteiger partial charge in [-0.25, -0.2) is 4.79 Å². The van der Waals surface area contributed by atoms with E-state index in [2.05, 4.69) is 16.7 Å². The molecule has 1 aromatic heterocycles. The van der Waals surface area contributed by atoms with E-state index in [1.807, 2.05) is 66.0 Å². The Balaban J connectivity index is 1.70. The molecule has 0 atom stereocenters. The van der Waals surface area contributed by atoms with Crippen molar-refractivity contribution in [3.8, 4) is 10.4 Å². The highest BCUT2D eigenvalue weighted by Gasteiger charge is 2.04. The Morgan fingerprint density at radius 1 is 0.810 bits per heavy atom. The van der Waals surface area contributed by atoms with Crippen molar-refractivity contribution in [2.75, 3.05) is 10.6 Å². The molecule has 2 N–H and O–H groups in total. The maximum Gasteiger partial charge on any atom is 0.323 e. The monoisotopic (exact) mass is 294 g/mol.